The molecule has 2 heteroatoms. The Morgan fingerprint density at radius 1 is 1.18 bits per heavy atom. The molecule has 0 heterocycles. The summed E-state index contributed by atoms with van der Waals surface area (Å²) in [6, 6.07) is 11.1. The molecule has 0 amide bonds. The van der Waals surface area contributed by atoms with Crippen molar-refractivity contribution in [3.63, 3.8) is 0 Å². The average Bonchev–Trinajstić information content (AvgIpc) is 2.38. The standard InChI is InChI=1S/C15H24N2/c1-2-3-5-12-15(17-16)13-8-11-14-9-6-4-7-10-14/h2,4,6-7,9-10,15,17H,1,3,5,8,11-13,16H2. The molecular formula is C15H24N2. The first-order valence-electron chi connectivity index (χ1n) is 6.47. The summed E-state index contributed by atoms with van der Waals surface area (Å²) < 4.78 is 0. The number of rotatable bonds is 9. The molecule has 0 saturated carbocycles. The van der Waals surface area contributed by atoms with E-state index in [0.29, 0.717) is 6.04 Å². The maximum Gasteiger partial charge on any atom is 0.0210 e. The van der Waals surface area contributed by atoms with Crippen molar-refractivity contribution in [2.75, 3.05) is 0 Å². The van der Waals surface area contributed by atoms with Crippen LogP contribution in [-0.2, 0) is 6.42 Å². The average molecular weight is 232 g/mol. The normalized spacial score (nSPS) is 12.3. The zero-order chi connectivity index (χ0) is 12.3. The second kappa shape index (κ2) is 8.97. The smallest absolute Gasteiger partial charge is 0.0210 e. The Kier molecular flexibility index (Phi) is 7.35. The van der Waals surface area contributed by atoms with Crippen LogP contribution in [0.3, 0.4) is 0 Å². The van der Waals surface area contributed by atoms with E-state index >= 15 is 0 Å². The molecule has 1 aromatic rings. The van der Waals surface area contributed by atoms with Crippen molar-refractivity contribution in [1.29, 1.82) is 0 Å². The number of benzene rings is 1. The molecule has 2 nitrogen and oxygen atoms in total. The zero-order valence-electron chi connectivity index (χ0n) is 10.6. The molecule has 17 heavy (non-hydrogen) atoms. The first kappa shape index (κ1) is 13.9. The van der Waals surface area contributed by atoms with Gasteiger partial charge < -0.3 is 0 Å². The van der Waals surface area contributed by atoms with Crippen LogP contribution in [0.5, 0.6) is 0 Å². The molecular weight excluding hydrogens is 208 g/mol. The van der Waals surface area contributed by atoms with Gasteiger partial charge in [-0.3, -0.25) is 11.3 Å². The topological polar surface area (TPSA) is 38.0 Å². The monoisotopic (exact) mass is 232 g/mol. The molecule has 0 radical (unpaired) electrons. The van der Waals surface area contributed by atoms with Gasteiger partial charge in [-0.05, 0) is 44.1 Å². The van der Waals surface area contributed by atoms with E-state index in [9.17, 15) is 0 Å². The summed E-state index contributed by atoms with van der Waals surface area (Å²) in [5.41, 5.74) is 4.32. The Hall–Kier alpha value is -1.12. The summed E-state index contributed by atoms with van der Waals surface area (Å²) in [4.78, 5) is 0. The van der Waals surface area contributed by atoms with Crippen LogP contribution in [0.4, 0.5) is 0 Å². The van der Waals surface area contributed by atoms with Crippen molar-refractivity contribution in [2.24, 2.45) is 5.84 Å². The minimum Gasteiger partial charge on any atom is -0.271 e. The number of aryl methyl sites for hydroxylation is 1. The molecule has 94 valence electrons. The molecule has 0 fully saturated rings. The lowest BCUT2D eigenvalue weighted by Crippen LogP contribution is -2.35. The van der Waals surface area contributed by atoms with Gasteiger partial charge >= 0.3 is 0 Å². The number of unbranched alkanes of at least 4 members (excludes halogenated alkanes) is 1. The van der Waals surface area contributed by atoms with Crippen molar-refractivity contribution in [1.82, 2.24) is 5.43 Å². The van der Waals surface area contributed by atoms with Gasteiger partial charge in [0, 0.05) is 6.04 Å². The summed E-state index contributed by atoms with van der Waals surface area (Å²) >= 11 is 0. The highest BCUT2D eigenvalue weighted by Gasteiger charge is 2.05. The molecule has 1 atom stereocenters. The van der Waals surface area contributed by atoms with Crippen LogP contribution < -0.4 is 11.3 Å². The maximum absolute atomic E-state index is 5.56. The molecule has 0 aliphatic rings. The van der Waals surface area contributed by atoms with E-state index in [-0.39, 0.29) is 0 Å². The van der Waals surface area contributed by atoms with Gasteiger partial charge in [0.15, 0.2) is 0 Å². The Balaban J connectivity index is 2.17. The van der Waals surface area contributed by atoms with E-state index in [1.165, 1.54) is 18.4 Å². The second-order valence-electron chi connectivity index (χ2n) is 4.46. The minimum atomic E-state index is 0.443. The van der Waals surface area contributed by atoms with Gasteiger partial charge in [0.25, 0.3) is 0 Å². The van der Waals surface area contributed by atoms with E-state index in [0.717, 1.165) is 25.7 Å². The number of hydrogen-bond donors (Lipinski definition) is 2. The molecule has 0 aliphatic heterocycles. The summed E-state index contributed by atoms with van der Waals surface area (Å²) in [5, 5.41) is 0. The Morgan fingerprint density at radius 3 is 2.53 bits per heavy atom. The van der Waals surface area contributed by atoms with Crippen LogP contribution in [0.15, 0.2) is 43.0 Å². The number of hydrogen-bond acceptors (Lipinski definition) is 2. The Labute approximate surface area is 105 Å². The predicted octanol–water partition coefficient (Wildman–Crippen LogP) is 3.20. The zero-order valence-corrected chi connectivity index (χ0v) is 10.6. The molecule has 0 saturated heterocycles. The van der Waals surface area contributed by atoms with Crippen LogP contribution in [0.25, 0.3) is 0 Å². The lowest BCUT2D eigenvalue weighted by molar-refractivity contribution is 0.441. The SMILES string of the molecule is C=CCCCC(CCCc1ccccc1)NN. The second-order valence-corrected chi connectivity index (χ2v) is 4.46. The van der Waals surface area contributed by atoms with Gasteiger partial charge in [-0.25, -0.2) is 0 Å². The number of nitrogens with one attached hydrogen (secondary N) is 1. The lowest BCUT2D eigenvalue weighted by Gasteiger charge is -2.15. The summed E-state index contributed by atoms with van der Waals surface area (Å²) in [6.07, 6.45) is 8.82. The summed E-state index contributed by atoms with van der Waals surface area (Å²) in [6.45, 7) is 3.73. The lowest BCUT2D eigenvalue weighted by atomic mass is 10.0. The van der Waals surface area contributed by atoms with Crippen LogP contribution in [0.2, 0.25) is 0 Å². The quantitative estimate of drug-likeness (QED) is 0.297. The van der Waals surface area contributed by atoms with E-state index in [2.05, 4.69) is 42.3 Å². The predicted molar refractivity (Wildman–Crippen MR) is 74.5 cm³/mol. The first-order chi connectivity index (χ1) is 8.36. The van der Waals surface area contributed by atoms with Crippen molar-refractivity contribution < 1.29 is 0 Å². The number of allylic oxidation sites excluding steroid dienone is 1. The van der Waals surface area contributed by atoms with E-state index in [4.69, 9.17) is 5.84 Å². The van der Waals surface area contributed by atoms with Gasteiger partial charge in [-0.15, -0.1) is 6.58 Å². The number of hydrazine groups is 1. The Morgan fingerprint density at radius 2 is 1.88 bits per heavy atom. The van der Waals surface area contributed by atoms with Crippen molar-refractivity contribution in [3.8, 4) is 0 Å². The van der Waals surface area contributed by atoms with Gasteiger partial charge in [-0.1, -0.05) is 36.4 Å². The largest absolute Gasteiger partial charge is 0.271 e. The van der Waals surface area contributed by atoms with Gasteiger partial charge in [0.05, 0.1) is 0 Å². The third-order valence-corrected chi connectivity index (χ3v) is 3.06. The van der Waals surface area contributed by atoms with Crippen molar-refractivity contribution in [3.05, 3.63) is 48.6 Å². The van der Waals surface area contributed by atoms with Gasteiger partial charge in [-0.2, -0.15) is 0 Å². The molecule has 1 unspecified atom stereocenters. The third-order valence-electron chi connectivity index (χ3n) is 3.06. The van der Waals surface area contributed by atoms with Gasteiger partial charge in [0.1, 0.15) is 0 Å². The van der Waals surface area contributed by atoms with E-state index < -0.39 is 0 Å². The highest BCUT2D eigenvalue weighted by Crippen LogP contribution is 2.10. The van der Waals surface area contributed by atoms with Crippen LogP contribution >= 0.6 is 0 Å². The highest BCUT2D eigenvalue weighted by molar-refractivity contribution is 5.14. The molecule has 1 aromatic carbocycles. The minimum absolute atomic E-state index is 0.443. The summed E-state index contributed by atoms with van der Waals surface area (Å²) in [7, 11) is 0. The number of nitrogens with two attached hydrogens (primary N) is 1. The van der Waals surface area contributed by atoms with E-state index in [1.807, 2.05) is 6.08 Å². The first-order valence-corrected chi connectivity index (χ1v) is 6.47. The summed E-state index contributed by atoms with van der Waals surface area (Å²) in [5.74, 6) is 5.56. The Bertz CT molecular complexity index is 295. The van der Waals surface area contributed by atoms with Crippen LogP contribution in [0, 0.1) is 0 Å². The molecule has 3 N–H and O–H groups in total. The molecule has 0 aromatic heterocycles. The fraction of sp³-hybridized carbons (Fsp3) is 0.467. The third kappa shape index (κ3) is 6.25. The van der Waals surface area contributed by atoms with E-state index in [1.54, 1.807) is 0 Å². The maximum atomic E-state index is 5.56. The molecule has 1 rings (SSSR count). The molecule has 0 aliphatic carbocycles. The highest BCUT2D eigenvalue weighted by atomic mass is 15.2. The fourth-order valence-electron chi connectivity index (χ4n) is 2.02. The van der Waals surface area contributed by atoms with Gasteiger partial charge in [0.2, 0.25) is 0 Å². The molecule has 0 bridgehead atoms. The van der Waals surface area contributed by atoms with Crippen molar-refractivity contribution in [2.45, 2.75) is 44.6 Å². The van der Waals surface area contributed by atoms with Crippen LogP contribution in [-0.4, -0.2) is 6.04 Å². The van der Waals surface area contributed by atoms with Crippen molar-refractivity contribution >= 4 is 0 Å². The molecule has 0 spiro atoms. The van der Waals surface area contributed by atoms with Crippen LogP contribution in [0.1, 0.15) is 37.7 Å². The fourth-order valence-corrected chi connectivity index (χ4v) is 2.02.